The molecule has 0 radical (unpaired) electrons. The number of ether oxygens (including phenoxy) is 1. The summed E-state index contributed by atoms with van der Waals surface area (Å²) in [6.45, 7) is 5.32. The van der Waals surface area contributed by atoms with Gasteiger partial charge in [0.2, 0.25) is 0 Å². The molecule has 2 nitrogen and oxygen atoms in total. The van der Waals surface area contributed by atoms with Crippen LogP contribution in [0.3, 0.4) is 0 Å². The first kappa shape index (κ1) is 21.2. The molecule has 0 saturated heterocycles. The van der Waals surface area contributed by atoms with Gasteiger partial charge in [0, 0.05) is 34.4 Å². The van der Waals surface area contributed by atoms with Crippen molar-refractivity contribution >= 4 is 27.2 Å². The van der Waals surface area contributed by atoms with Crippen LogP contribution >= 0.6 is 15.9 Å². The van der Waals surface area contributed by atoms with Gasteiger partial charge in [0.1, 0.15) is 24.0 Å². The molecule has 2 aromatic rings. The highest BCUT2D eigenvalue weighted by molar-refractivity contribution is 9.12. The maximum absolute atomic E-state index is 15.0. The van der Waals surface area contributed by atoms with Crippen LogP contribution in [0, 0.1) is 11.6 Å². The quantitative estimate of drug-likeness (QED) is 0.443. The van der Waals surface area contributed by atoms with Crippen molar-refractivity contribution in [2.75, 3.05) is 13.2 Å². The van der Waals surface area contributed by atoms with E-state index in [1.165, 1.54) is 0 Å². The van der Waals surface area contributed by atoms with Crippen molar-refractivity contribution in [1.29, 1.82) is 0 Å². The van der Waals surface area contributed by atoms with E-state index in [4.69, 9.17) is 4.74 Å². The van der Waals surface area contributed by atoms with Crippen LogP contribution in [0.2, 0.25) is 0 Å². The SMILES string of the molecule is C=C1C(Br)=CC(c2ccccc2)=C(c2c(F)cc(OCC(F)F)cc2F)N1CC. The average molecular weight is 468 g/mol. The highest BCUT2D eigenvalue weighted by Gasteiger charge is 2.29. The Kier molecular flexibility index (Phi) is 6.47. The fourth-order valence-electron chi connectivity index (χ4n) is 3.16. The first-order valence-electron chi connectivity index (χ1n) is 8.87. The molecule has 1 heterocycles. The number of hydrogen-bond donors (Lipinski definition) is 0. The first-order valence-corrected chi connectivity index (χ1v) is 9.66. The van der Waals surface area contributed by atoms with Gasteiger partial charge in [-0.05, 0) is 34.5 Å². The van der Waals surface area contributed by atoms with Crippen LogP contribution in [0.4, 0.5) is 17.6 Å². The van der Waals surface area contributed by atoms with Gasteiger partial charge in [-0.2, -0.15) is 0 Å². The largest absolute Gasteiger partial charge is 0.487 e. The number of benzene rings is 2. The van der Waals surface area contributed by atoms with Crippen molar-refractivity contribution in [3.8, 4) is 5.75 Å². The monoisotopic (exact) mass is 467 g/mol. The Hall–Kier alpha value is -2.54. The number of alkyl halides is 2. The zero-order chi connectivity index (χ0) is 21.1. The van der Waals surface area contributed by atoms with E-state index in [0.717, 1.165) is 17.7 Å². The molecule has 0 unspecified atom stereocenters. The molecule has 3 rings (SSSR count). The fourth-order valence-corrected chi connectivity index (χ4v) is 3.61. The molecule has 0 amide bonds. The lowest BCUT2D eigenvalue weighted by Gasteiger charge is -2.34. The molecule has 2 aromatic carbocycles. The van der Waals surface area contributed by atoms with Gasteiger partial charge in [-0.3, -0.25) is 0 Å². The Labute approximate surface area is 174 Å². The van der Waals surface area contributed by atoms with Gasteiger partial charge < -0.3 is 9.64 Å². The van der Waals surface area contributed by atoms with Crippen molar-refractivity contribution in [3.05, 3.63) is 88.1 Å². The van der Waals surface area contributed by atoms with Gasteiger partial charge in [-0.1, -0.05) is 36.9 Å². The number of allylic oxidation sites excluding steroid dienone is 3. The summed E-state index contributed by atoms with van der Waals surface area (Å²) in [6.07, 6.45) is -0.980. The predicted molar refractivity (Wildman–Crippen MR) is 110 cm³/mol. The molecule has 0 saturated carbocycles. The number of likely N-dealkylation sites (N-methyl/N-ethyl adjacent to an activating group) is 1. The van der Waals surface area contributed by atoms with Gasteiger partial charge in [0.15, 0.2) is 0 Å². The minimum Gasteiger partial charge on any atom is -0.487 e. The van der Waals surface area contributed by atoms with Crippen LogP contribution in [0.5, 0.6) is 5.75 Å². The lowest BCUT2D eigenvalue weighted by atomic mass is 9.94. The van der Waals surface area contributed by atoms with Crippen LogP contribution in [0.1, 0.15) is 18.1 Å². The van der Waals surface area contributed by atoms with Crippen molar-refractivity contribution in [1.82, 2.24) is 4.90 Å². The van der Waals surface area contributed by atoms with Crippen LogP contribution in [-0.4, -0.2) is 24.5 Å². The molecule has 0 bridgehead atoms. The lowest BCUT2D eigenvalue weighted by Crippen LogP contribution is -2.25. The average Bonchev–Trinajstić information content (AvgIpc) is 2.69. The van der Waals surface area contributed by atoms with Gasteiger partial charge >= 0.3 is 0 Å². The highest BCUT2D eigenvalue weighted by Crippen LogP contribution is 2.42. The Morgan fingerprint density at radius 1 is 1.10 bits per heavy atom. The summed E-state index contributed by atoms with van der Waals surface area (Å²) in [7, 11) is 0. The van der Waals surface area contributed by atoms with Crippen molar-refractivity contribution in [3.63, 3.8) is 0 Å². The summed E-state index contributed by atoms with van der Waals surface area (Å²) >= 11 is 3.46. The summed E-state index contributed by atoms with van der Waals surface area (Å²) in [5, 5.41) is 0. The molecule has 152 valence electrons. The van der Waals surface area contributed by atoms with Crippen LogP contribution < -0.4 is 4.74 Å². The molecule has 1 aliphatic rings. The van der Waals surface area contributed by atoms with E-state index < -0.39 is 24.7 Å². The predicted octanol–water partition coefficient (Wildman–Crippen LogP) is 6.61. The third-order valence-electron chi connectivity index (χ3n) is 4.43. The summed E-state index contributed by atoms with van der Waals surface area (Å²) in [6, 6.07) is 11.0. The molecule has 0 aliphatic carbocycles. The zero-order valence-corrected chi connectivity index (χ0v) is 17.1. The highest BCUT2D eigenvalue weighted by atomic mass is 79.9. The second-order valence-corrected chi connectivity index (χ2v) is 7.13. The van der Waals surface area contributed by atoms with Crippen molar-refractivity contribution in [2.45, 2.75) is 13.3 Å². The standard InChI is InChI=1S/C22H18BrF4NO/c1-3-28-13(2)17(23)11-16(14-7-5-4-6-8-14)22(28)21-18(24)9-15(10-19(21)25)29-12-20(26)27/h4-11,20H,2-3,12H2,1H3. The number of halogens is 5. The number of hydrogen-bond acceptors (Lipinski definition) is 2. The third kappa shape index (κ3) is 4.40. The lowest BCUT2D eigenvalue weighted by molar-refractivity contribution is 0.0815. The Morgan fingerprint density at radius 3 is 2.28 bits per heavy atom. The van der Waals surface area contributed by atoms with E-state index in [1.54, 1.807) is 11.0 Å². The normalized spacial score (nSPS) is 14.5. The minimum atomic E-state index is -2.74. The van der Waals surface area contributed by atoms with E-state index in [9.17, 15) is 8.78 Å². The number of nitrogens with zero attached hydrogens (tertiary/aromatic N) is 1. The summed E-state index contributed by atoms with van der Waals surface area (Å²) in [5.41, 5.74) is 1.96. The summed E-state index contributed by atoms with van der Waals surface area (Å²) in [5.74, 6) is -2.11. The molecular formula is C22H18BrF4NO. The van der Waals surface area contributed by atoms with E-state index in [1.807, 2.05) is 37.3 Å². The zero-order valence-electron chi connectivity index (χ0n) is 15.6. The van der Waals surface area contributed by atoms with Gasteiger partial charge in [-0.25, -0.2) is 17.6 Å². The maximum Gasteiger partial charge on any atom is 0.272 e. The molecule has 0 atom stereocenters. The minimum absolute atomic E-state index is 0.271. The summed E-state index contributed by atoms with van der Waals surface area (Å²) < 4.78 is 60.2. The van der Waals surface area contributed by atoms with Crippen LogP contribution in [0.15, 0.2) is 65.3 Å². The van der Waals surface area contributed by atoms with E-state index in [0.29, 0.717) is 28.0 Å². The first-order chi connectivity index (χ1) is 13.8. The van der Waals surface area contributed by atoms with Crippen LogP contribution in [-0.2, 0) is 0 Å². The third-order valence-corrected chi connectivity index (χ3v) is 5.11. The number of rotatable bonds is 6. The van der Waals surface area contributed by atoms with Crippen LogP contribution in [0.25, 0.3) is 11.3 Å². The molecule has 0 fully saturated rings. The topological polar surface area (TPSA) is 12.5 Å². The second-order valence-electron chi connectivity index (χ2n) is 6.28. The smallest absolute Gasteiger partial charge is 0.272 e. The Morgan fingerprint density at radius 2 is 1.72 bits per heavy atom. The van der Waals surface area contributed by atoms with E-state index in [2.05, 4.69) is 22.5 Å². The second kappa shape index (κ2) is 8.86. The van der Waals surface area contributed by atoms with Gasteiger partial charge in [0.05, 0.1) is 11.3 Å². The maximum atomic E-state index is 15.0. The Bertz CT molecular complexity index is 963. The Balaban J connectivity index is 2.22. The molecule has 7 heteroatoms. The molecule has 0 aromatic heterocycles. The van der Waals surface area contributed by atoms with Crippen molar-refractivity contribution < 1.29 is 22.3 Å². The molecule has 0 spiro atoms. The molecule has 0 N–H and O–H groups in total. The molecule has 1 aliphatic heterocycles. The van der Waals surface area contributed by atoms with Gasteiger partial charge in [-0.15, -0.1) is 0 Å². The fraction of sp³-hybridized carbons (Fsp3) is 0.182. The molecular weight excluding hydrogens is 450 g/mol. The van der Waals surface area contributed by atoms with E-state index >= 15 is 8.78 Å². The van der Waals surface area contributed by atoms with E-state index in [-0.39, 0.29) is 11.3 Å². The van der Waals surface area contributed by atoms with Gasteiger partial charge in [0.25, 0.3) is 6.43 Å². The summed E-state index contributed by atoms with van der Waals surface area (Å²) in [4.78, 5) is 1.70. The van der Waals surface area contributed by atoms with Crippen molar-refractivity contribution in [2.24, 2.45) is 0 Å². The molecule has 29 heavy (non-hydrogen) atoms.